The van der Waals surface area contributed by atoms with Crippen molar-refractivity contribution in [1.82, 2.24) is 14.5 Å². The number of rotatable bonds is 4. The number of para-hydroxylation sites is 2. The maximum Gasteiger partial charge on any atom is 0.127 e. The predicted octanol–water partition coefficient (Wildman–Crippen LogP) is 4.89. The quantitative estimate of drug-likeness (QED) is 0.674. The highest BCUT2D eigenvalue weighted by Crippen LogP contribution is 2.28. The van der Waals surface area contributed by atoms with E-state index in [4.69, 9.17) is 16.6 Å². The first-order valence-electron chi connectivity index (χ1n) is 8.66. The van der Waals surface area contributed by atoms with E-state index in [0.29, 0.717) is 6.04 Å². The first-order chi connectivity index (χ1) is 11.7. The average Bonchev–Trinajstić information content (AvgIpc) is 3.23. The molecule has 24 heavy (non-hydrogen) atoms. The first-order valence-corrected chi connectivity index (χ1v) is 9.04. The van der Waals surface area contributed by atoms with E-state index in [1.54, 1.807) is 0 Å². The molecule has 2 aromatic carbocycles. The Labute approximate surface area is 147 Å². The summed E-state index contributed by atoms with van der Waals surface area (Å²) in [7, 11) is 0. The van der Waals surface area contributed by atoms with E-state index in [2.05, 4.69) is 46.7 Å². The van der Waals surface area contributed by atoms with Crippen LogP contribution >= 0.6 is 11.6 Å². The summed E-state index contributed by atoms with van der Waals surface area (Å²) in [6.45, 7) is 5.42. The number of benzene rings is 2. The van der Waals surface area contributed by atoms with E-state index in [9.17, 15) is 0 Å². The Morgan fingerprint density at radius 1 is 1.08 bits per heavy atom. The van der Waals surface area contributed by atoms with Gasteiger partial charge in [0, 0.05) is 11.6 Å². The molecule has 3 aromatic rings. The third-order valence-electron chi connectivity index (χ3n) is 4.98. The van der Waals surface area contributed by atoms with Crippen molar-refractivity contribution < 1.29 is 0 Å². The Balaban J connectivity index is 1.77. The van der Waals surface area contributed by atoms with Crippen LogP contribution in [0, 0.1) is 0 Å². The van der Waals surface area contributed by atoms with Crippen LogP contribution in [0.4, 0.5) is 0 Å². The van der Waals surface area contributed by atoms with Crippen molar-refractivity contribution >= 4 is 22.6 Å². The Kier molecular flexibility index (Phi) is 4.30. The lowest BCUT2D eigenvalue weighted by Gasteiger charge is -2.24. The summed E-state index contributed by atoms with van der Waals surface area (Å²) in [5.41, 5.74) is 3.47. The lowest BCUT2D eigenvalue weighted by Crippen LogP contribution is -2.26. The lowest BCUT2D eigenvalue weighted by molar-refractivity contribution is 0.249. The fraction of sp³-hybridized carbons (Fsp3) is 0.350. The SMILES string of the molecule is CC(c1nc2ccccc2n1Cc1cccc(Cl)c1)N1CCCC1. The molecular weight excluding hydrogens is 318 g/mol. The van der Waals surface area contributed by atoms with Gasteiger partial charge in [-0.15, -0.1) is 0 Å². The van der Waals surface area contributed by atoms with E-state index >= 15 is 0 Å². The fourth-order valence-corrected chi connectivity index (χ4v) is 3.90. The van der Waals surface area contributed by atoms with Crippen molar-refractivity contribution in [3.63, 3.8) is 0 Å². The molecule has 1 aromatic heterocycles. The Bertz CT molecular complexity index is 849. The van der Waals surface area contributed by atoms with Crippen LogP contribution < -0.4 is 0 Å². The van der Waals surface area contributed by atoms with Gasteiger partial charge in [0.15, 0.2) is 0 Å². The highest BCUT2D eigenvalue weighted by atomic mass is 35.5. The van der Waals surface area contributed by atoms with Gasteiger partial charge in [0.25, 0.3) is 0 Å². The second-order valence-electron chi connectivity index (χ2n) is 6.59. The molecule has 1 saturated heterocycles. The van der Waals surface area contributed by atoms with Crippen LogP contribution in [0.25, 0.3) is 11.0 Å². The van der Waals surface area contributed by atoms with Crippen molar-refractivity contribution in [3.05, 3.63) is 64.9 Å². The van der Waals surface area contributed by atoms with E-state index in [1.165, 1.54) is 37.0 Å². The highest BCUT2D eigenvalue weighted by Gasteiger charge is 2.24. The highest BCUT2D eigenvalue weighted by molar-refractivity contribution is 6.30. The number of fused-ring (bicyclic) bond motifs is 1. The normalized spacial score (nSPS) is 16.8. The average molecular weight is 340 g/mol. The molecule has 0 aliphatic carbocycles. The van der Waals surface area contributed by atoms with E-state index in [0.717, 1.165) is 22.9 Å². The maximum absolute atomic E-state index is 6.18. The first kappa shape index (κ1) is 15.7. The molecule has 4 rings (SSSR count). The molecular formula is C20H22ClN3. The van der Waals surface area contributed by atoms with E-state index in [1.807, 2.05) is 18.2 Å². The van der Waals surface area contributed by atoms with Gasteiger partial charge in [-0.2, -0.15) is 0 Å². The van der Waals surface area contributed by atoms with Gasteiger partial charge in [-0.05, 0) is 62.7 Å². The molecule has 1 unspecified atom stereocenters. The zero-order valence-electron chi connectivity index (χ0n) is 14.0. The van der Waals surface area contributed by atoms with E-state index in [-0.39, 0.29) is 0 Å². The van der Waals surface area contributed by atoms with Crippen LogP contribution in [-0.2, 0) is 6.54 Å². The molecule has 2 heterocycles. The number of imidazole rings is 1. The van der Waals surface area contributed by atoms with Gasteiger partial charge < -0.3 is 4.57 Å². The zero-order chi connectivity index (χ0) is 16.5. The van der Waals surface area contributed by atoms with Gasteiger partial charge in [-0.3, -0.25) is 4.90 Å². The van der Waals surface area contributed by atoms with Crippen LogP contribution in [0.1, 0.15) is 37.2 Å². The van der Waals surface area contributed by atoms with Crippen molar-refractivity contribution in [2.24, 2.45) is 0 Å². The van der Waals surface area contributed by atoms with Gasteiger partial charge in [-0.1, -0.05) is 35.9 Å². The maximum atomic E-state index is 6.18. The molecule has 0 bridgehead atoms. The van der Waals surface area contributed by atoms with Crippen molar-refractivity contribution in [1.29, 1.82) is 0 Å². The zero-order valence-corrected chi connectivity index (χ0v) is 14.7. The Hall–Kier alpha value is -1.84. The Morgan fingerprint density at radius 3 is 2.67 bits per heavy atom. The molecule has 1 aliphatic heterocycles. The number of nitrogens with zero attached hydrogens (tertiary/aromatic N) is 3. The van der Waals surface area contributed by atoms with Crippen LogP contribution in [0.3, 0.4) is 0 Å². The van der Waals surface area contributed by atoms with Crippen LogP contribution in [0.2, 0.25) is 5.02 Å². The van der Waals surface area contributed by atoms with Crippen molar-refractivity contribution in [2.75, 3.05) is 13.1 Å². The summed E-state index contributed by atoms with van der Waals surface area (Å²) in [4.78, 5) is 7.50. The standard InChI is InChI=1S/C20H22ClN3/c1-15(23-11-4-5-12-23)20-22-18-9-2-3-10-19(18)24(20)14-16-7-6-8-17(21)13-16/h2-3,6-10,13,15H,4-5,11-12,14H2,1H3. The predicted molar refractivity (Wildman–Crippen MR) is 99.5 cm³/mol. The fourth-order valence-electron chi connectivity index (χ4n) is 3.69. The molecule has 124 valence electrons. The number of likely N-dealkylation sites (tertiary alicyclic amines) is 1. The molecule has 4 heteroatoms. The molecule has 1 atom stereocenters. The van der Waals surface area contributed by atoms with Crippen LogP contribution in [-0.4, -0.2) is 27.5 Å². The van der Waals surface area contributed by atoms with E-state index < -0.39 is 0 Å². The Morgan fingerprint density at radius 2 is 1.88 bits per heavy atom. The van der Waals surface area contributed by atoms with Crippen LogP contribution in [0.5, 0.6) is 0 Å². The number of hydrogen-bond donors (Lipinski definition) is 0. The minimum Gasteiger partial charge on any atom is -0.322 e. The minimum absolute atomic E-state index is 0.332. The molecule has 0 amide bonds. The summed E-state index contributed by atoms with van der Waals surface area (Å²) in [6.07, 6.45) is 2.58. The molecule has 0 saturated carbocycles. The van der Waals surface area contributed by atoms with Gasteiger partial charge in [0.2, 0.25) is 0 Å². The third-order valence-corrected chi connectivity index (χ3v) is 5.21. The molecule has 0 spiro atoms. The summed E-state index contributed by atoms with van der Waals surface area (Å²) in [5.74, 6) is 1.15. The van der Waals surface area contributed by atoms with Crippen molar-refractivity contribution in [3.8, 4) is 0 Å². The molecule has 0 radical (unpaired) electrons. The summed E-state index contributed by atoms with van der Waals surface area (Å²) in [6, 6.07) is 16.8. The van der Waals surface area contributed by atoms with Gasteiger partial charge in [0.1, 0.15) is 5.82 Å². The summed E-state index contributed by atoms with van der Waals surface area (Å²) in [5, 5.41) is 0.783. The van der Waals surface area contributed by atoms with Gasteiger partial charge in [-0.25, -0.2) is 4.98 Å². The van der Waals surface area contributed by atoms with Gasteiger partial charge >= 0.3 is 0 Å². The molecule has 0 N–H and O–H groups in total. The number of halogens is 1. The molecule has 3 nitrogen and oxygen atoms in total. The topological polar surface area (TPSA) is 21.1 Å². The summed E-state index contributed by atoms with van der Waals surface area (Å²) >= 11 is 6.18. The third kappa shape index (κ3) is 2.94. The second-order valence-corrected chi connectivity index (χ2v) is 7.03. The van der Waals surface area contributed by atoms with Crippen molar-refractivity contribution in [2.45, 2.75) is 32.4 Å². The monoisotopic (exact) mass is 339 g/mol. The largest absolute Gasteiger partial charge is 0.322 e. The lowest BCUT2D eigenvalue weighted by atomic mass is 10.2. The minimum atomic E-state index is 0.332. The number of aromatic nitrogens is 2. The summed E-state index contributed by atoms with van der Waals surface area (Å²) < 4.78 is 2.35. The van der Waals surface area contributed by atoms with Gasteiger partial charge in [0.05, 0.1) is 17.1 Å². The second kappa shape index (κ2) is 6.58. The van der Waals surface area contributed by atoms with Crippen LogP contribution in [0.15, 0.2) is 48.5 Å². The smallest absolute Gasteiger partial charge is 0.127 e. The molecule has 1 aliphatic rings. The molecule has 1 fully saturated rings. The number of hydrogen-bond acceptors (Lipinski definition) is 2.